The van der Waals surface area contributed by atoms with Crippen LogP contribution in [0.5, 0.6) is 5.75 Å². The molecule has 6 nitrogen and oxygen atoms in total. The second kappa shape index (κ2) is 10.6. The summed E-state index contributed by atoms with van der Waals surface area (Å²) >= 11 is 0. The zero-order valence-corrected chi connectivity index (χ0v) is 20.1. The van der Waals surface area contributed by atoms with Crippen LogP contribution in [0.4, 0.5) is 0 Å². The summed E-state index contributed by atoms with van der Waals surface area (Å²) in [5.41, 5.74) is 4.43. The van der Waals surface area contributed by atoms with Crippen LogP contribution in [-0.2, 0) is 11.2 Å². The number of hydrogen-bond acceptors (Lipinski definition) is 3. The summed E-state index contributed by atoms with van der Waals surface area (Å²) in [6, 6.07) is 11.4. The van der Waals surface area contributed by atoms with E-state index in [0.717, 1.165) is 34.0 Å². The van der Waals surface area contributed by atoms with E-state index in [0.29, 0.717) is 18.7 Å². The van der Waals surface area contributed by atoms with Crippen molar-refractivity contribution in [2.75, 3.05) is 13.7 Å². The minimum atomic E-state index is -0.977. The van der Waals surface area contributed by atoms with Crippen LogP contribution in [0, 0.1) is 11.8 Å². The summed E-state index contributed by atoms with van der Waals surface area (Å²) in [4.78, 5) is 27.1. The predicted molar refractivity (Wildman–Crippen MR) is 131 cm³/mol. The van der Waals surface area contributed by atoms with Crippen molar-refractivity contribution in [2.24, 2.45) is 11.8 Å². The van der Waals surface area contributed by atoms with E-state index in [9.17, 15) is 14.7 Å². The van der Waals surface area contributed by atoms with Crippen LogP contribution in [0.2, 0.25) is 0 Å². The van der Waals surface area contributed by atoms with Gasteiger partial charge in [0.1, 0.15) is 5.75 Å². The Morgan fingerprint density at radius 3 is 2.48 bits per heavy atom. The van der Waals surface area contributed by atoms with Crippen molar-refractivity contribution < 1.29 is 19.4 Å². The second-order valence-electron chi connectivity index (χ2n) is 9.00. The van der Waals surface area contributed by atoms with Crippen molar-refractivity contribution >= 4 is 22.8 Å². The Hall–Kier alpha value is -3.28. The van der Waals surface area contributed by atoms with Gasteiger partial charge in [-0.1, -0.05) is 39.8 Å². The zero-order valence-electron chi connectivity index (χ0n) is 20.1. The number of hydrogen-bond donors (Lipinski definition) is 3. The first kappa shape index (κ1) is 24.4. The molecule has 3 rings (SSSR count). The fraction of sp³-hybridized carbons (Fsp3) is 0.407. The lowest BCUT2D eigenvalue weighted by Gasteiger charge is -2.24. The lowest BCUT2D eigenvalue weighted by atomic mass is 9.81. The summed E-state index contributed by atoms with van der Waals surface area (Å²) in [5.74, 6) is -0.182. The van der Waals surface area contributed by atoms with Crippen molar-refractivity contribution in [1.82, 2.24) is 10.3 Å². The summed E-state index contributed by atoms with van der Waals surface area (Å²) in [5, 5.41) is 13.5. The van der Waals surface area contributed by atoms with E-state index < -0.39 is 5.97 Å². The number of carboxylic acids is 1. The highest BCUT2D eigenvalue weighted by Gasteiger charge is 2.25. The molecule has 6 heteroatoms. The number of aromatic carboxylic acids is 1. The monoisotopic (exact) mass is 450 g/mol. The average molecular weight is 451 g/mol. The van der Waals surface area contributed by atoms with Gasteiger partial charge >= 0.3 is 5.97 Å². The molecule has 0 saturated carbocycles. The van der Waals surface area contributed by atoms with Crippen LogP contribution < -0.4 is 10.1 Å². The molecule has 0 radical (unpaired) electrons. The number of nitrogens with one attached hydrogen (secondary N) is 2. The van der Waals surface area contributed by atoms with Gasteiger partial charge in [0.25, 0.3) is 0 Å². The third-order valence-corrected chi connectivity index (χ3v) is 6.13. The first-order valence-electron chi connectivity index (χ1n) is 11.6. The number of carbonyl (C=O) groups is 2. The number of aromatic nitrogens is 1. The fourth-order valence-electron chi connectivity index (χ4n) is 4.43. The standard InChI is InChI=1S/C27H34N2O4/c1-6-11-28-26(30)17(4)12-18-7-10-23-21(13-18)22(15-29-23)25(16(2)3)20-9-8-19(27(31)32)14-24(20)33-5/h7-10,13-17,25,29H,6,11-12H2,1-5H3,(H,28,30)(H,31,32). The van der Waals surface area contributed by atoms with Gasteiger partial charge in [0.05, 0.1) is 12.7 Å². The highest BCUT2D eigenvalue weighted by Crippen LogP contribution is 2.41. The van der Waals surface area contributed by atoms with Gasteiger partial charge in [-0.3, -0.25) is 4.79 Å². The molecule has 0 bridgehead atoms. The van der Waals surface area contributed by atoms with Crippen LogP contribution in [0.3, 0.4) is 0 Å². The minimum Gasteiger partial charge on any atom is -0.496 e. The lowest BCUT2D eigenvalue weighted by Crippen LogP contribution is -2.30. The van der Waals surface area contributed by atoms with Crippen molar-refractivity contribution in [3.05, 3.63) is 64.8 Å². The number of carboxylic acid groups (broad SMARTS) is 1. The van der Waals surface area contributed by atoms with Crippen molar-refractivity contribution in [2.45, 2.75) is 46.5 Å². The summed E-state index contributed by atoms with van der Waals surface area (Å²) in [6.07, 6.45) is 3.62. The molecule has 2 aromatic carbocycles. The van der Waals surface area contributed by atoms with Gasteiger partial charge in [-0.25, -0.2) is 4.79 Å². The molecule has 3 N–H and O–H groups in total. The van der Waals surface area contributed by atoms with Crippen molar-refractivity contribution in [3.63, 3.8) is 0 Å². The quantitative estimate of drug-likeness (QED) is 0.387. The van der Waals surface area contributed by atoms with Crippen LogP contribution in [0.25, 0.3) is 10.9 Å². The molecule has 2 atom stereocenters. The molecule has 176 valence electrons. The van der Waals surface area contributed by atoms with Gasteiger partial charge in [0, 0.05) is 41.0 Å². The zero-order chi connectivity index (χ0) is 24.1. The molecule has 0 aliphatic carbocycles. The largest absolute Gasteiger partial charge is 0.496 e. The topological polar surface area (TPSA) is 91.4 Å². The highest BCUT2D eigenvalue weighted by atomic mass is 16.5. The SMILES string of the molecule is CCCNC(=O)C(C)Cc1ccc2[nH]cc(C(c3ccc(C(=O)O)cc3OC)C(C)C)c2c1. The Bertz CT molecular complexity index is 1130. The molecule has 0 fully saturated rings. The number of rotatable bonds is 10. The second-order valence-corrected chi connectivity index (χ2v) is 9.00. The fourth-order valence-corrected chi connectivity index (χ4v) is 4.43. The molecular weight excluding hydrogens is 416 g/mol. The van der Waals surface area contributed by atoms with Gasteiger partial charge in [0.2, 0.25) is 5.91 Å². The number of ether oxygens (including phenoxy) is 1. The molecule has 0 spiro atoms. The number of H-pyrrole nitrogens is 1. The number of benzene rings is 2. The van der Waals surface area contributed by atoms with E-state index in [1.165, 1.54) is 0 Å². The van der Waals surface area contributed by atoms with E-state index in [1.54, 1.807) is 19.2 Å². The Morgan fingerprint density at radius 1 is 1.09 bits per heavy atom. The van der Waals surface area contributed by atoms with Crippen LogP contribution in [0.1, 0.15) is 67.1 Å². The summed E-state index contributed by atoms with van der Waals surface area (Å²) in [6.45, 7) is 9.00. The van der Waals surface area contributed by atoms with Crippen LogP contribution in [-0.4, -0.2) is 35.6 Å². The summed E-state index contributed by atoms with van der Waals surface area (Å²) < 4.78 is 5.59. The average Bonchev–Trinajstić information content (AvgIpc) is 3.20. The molecule has 0 aliphatic rings. The number of methoxy groups -OCH3 is 1. The van der Waals surface area contributed by atoms with Gasteiger partial charge in [0.15, 0.2) is 0 Å². The number of carbonyl (C=O) groups excluding carboxylic acids is 1. The summed E-state index contributed by atoms with van der Waals surface area (Å²) in [7, 11) is 1.57. The number of amides is 1. The van der Waals surface area contributed by atoms with E-state index in [-0.39, 0.29) is 29.2 Å². The third kappa shape index (κ3) is 5.38. The number of fused-ring (bicyclic) bond motifs is 1. The first-order chi connectivity index (χ1) is 15.8. The smallest absolute Gasteiger partial charge is 0.335 e. The van der Waals surface area contributed by atoms with Gasteiger partial charge in [-0.15, -0.1) is 0 Å². The maximum Gasteiger partial charge on any atom is 0.335 e. The van der Waals surface area contributed by atoms with Crippen molar-refractivity contribution in [1.29, 1.82) is 0 Å². The molecule has 1 heterocycles. The number of aromatic amines is 1. The van der Waals surface area contributed by atoms with Crippen LogP contribution >= 0.6 is 0 Å². The molecule has 0 saturated heterocycles. The molecule has 3 aromatic rings. The maximum absolute atomic E-state index is 12.3. The minimum absolute atomic E-state index is 0.0112. The van der Waals surface area contributed by atoms with E-state index in [1.807, 2.05) is 26.1 Å². The van der Waals surface area contributed by atoms with Crippen molar-refractivity contribution in [3.8, 4) is 5.75 Å². The first-order valence-corrected chi connectivity index (χ1v) is 11.6. The third-order valence-electron chi connectivity index (χ3n) is 6.13. The van der Waals surface area contributed by atoms with Crippen LogP contribution in [0.15, 0.2) is 42.6 Å². The van der Waals surface area contributed by atoms with Gasteiger partial charge < -0.3 is 20.1 Å². The predicted octanol–water partition coefficient (Wildman–Crippen LogP) is 5.37. The van der Waals surface area contributed by atoms with E-state index in [2.05, 4.69) is 42.3 Å². The Kier molecular flexibility index (Phi) is 7.79. The van der Waals surface area contributed by atoms with E-state index in [4.69, 9.17) is 4.74 Å². The molecule has 0 aliphatic heterocycles. The molecule has 33 heavy (non-hydrogen) atoms. The maximum atomic E-state index is 12.3. The normalized spacial score (nSPS) is 13.2. The molecule has 2 unspecified atom stereocenters. The Balaban J connectivity index is 2.00. The Labute approximate surface area is 195 Å². The van der Waals surface area contributed by atoms with Gasteiger partial charge in [-0.05, 0) is 54.2 Å². The molecular formula is C27H34N2O4. The van der Waals surface area contributed by atoms with E-state index >= 15 is 0 Å². The molecule has 1 amide bonds. The highest BCUT2D eigenvalue weighted by molar-refractivity contribution is 5.89. The van der Waals surface area contributed by atoms with Gasteiger partial charge in [-0.2, -0.15) is 0 Å². The molecule has 1 aromatic heterocycles. The lowest BCUT2D eigenvalue weighted by molar-refractivity contribution is -0.124. The Morgan fingerprint density at radius 2 is 1.85 bits per heavy atom.